The molecule has 0 aromatic heterocycles. The number of likely N-dealkylation sites (N-methyl/N-ethyl adjacent to an activating group) is 1. The average Bonchev–Trinajstić information content (AvgIpc) is 2.89. The third-order valence-electron chi connectivity index (χ3n) is 3.99. The molecular weight excluding hydrogens is 328 g/mol. The van der Waals surface area contributed by atoms with Crippen LogP contribution in [0.4, 0.5) is 0 Å². The van der Waals surface area contributed by atoms with Crippen molar-refractivity contribution in [1.82, 2.24) is 10.2 Å². The van der Waals surface area contributed by atoms with E-state index in [-0.39, 0.29) is 6.10 Å². The van der Waals surface area contributed by atoms with E-state index in [9.17, 15) is 0 Å². The van der Waals surface area contributed by atoms with Crippen LogP contribution in [-0.2, 0) is 6.54 Å². The number of hydrogen-bond donors (Lipinski definition) is 1. The summed E-state index contributed by atoms with van der Waals surface area (Å²) >= 11 is 3.55. The van der Waals surface area contributed by atoms with Crippen molar-refractivity contribution < 1.29 is 4.74 Å². The van der Waals surface area contributed by atoms with Crippen molar-refractivity contribution in [2.24, 2.45) is 0 Å². The zero-order valence-electron chi connectivity index (χ0n) is 13.4. The maximum Gasteiger partial charge on any atom is 0.124 e. The quantitative estimate of drug-likeness (QED) is 0.805. The van der Waals surface area contributed by atoms with Crippen molar-refractivity contribution in [3.05, 3.63) is 28.2 Å². The van der Waals surface area contributed by atoms with E-state index in [0.717, 1.165) is 29.9 Å². The van der Waals surface area contributed by atoms with Crippen LogP contribution in [-0.4, -0.2) is 36.7 Å². The summed E-state index contributed by atoms with van der Waals surface area (Å²) in [5.74, 6) is 0.986. The number of nitrogens with one attached hydrogen (secondary N) is 1. The number of rotatable bonds is 7. The summed E-state index contributed by atoms with van der Waals surface area (Å²) in [7, 11) is 0. The molecule has 1 aliphatic rings. The molecule has 2 rings (SSSR count). The second-order valence-electron chi connectivity index (χ2n) is 5.97. The Balaban J connectivity index is 1.91. The van der Waals surface area contributed by atoms with Crippen molar-refractivity contribution in [3.63, 3.8) is 0 Å². The Morgan fingerprint density at radius 3 is 2.95 bits per heavy atom. The van der Waals surface area contributed by atoms with Crippen LogP contribution in [0.3, 0.4) is 0 Å². The minimum atomic E-state index is 0.204. The van der Waals surface area contributed by atoms with Crippen LogP contribution in [0.1, 0.15) is 39.2 Å². The van der Waals surface area contributed by atoms with E-state index in [1.54, 1.807) is 0 Å². The van der Waals surface area contributed by atoms with E-state index in [1.165, 1.54) is 24.9 Å². The molecule has 0 spiro atoms. The molecule has 1 N–H and O–H groups in total. The highest BCUT2D eigenvalue weighted by molar-refractivity contribution is 9.10. The Kier molecular flexibility index (Phi) is 6.52. The summed E-state index contributed by atoms with van der Waals surface area (Å²) < 4.78 is 7.00. The van der Waals surface area contributed by atoms with Crippen LogP contribution >= 0.6 is 15.9 Å². The molecule has 0 unspecified atom stereocenters. The number of benzene rings is 1. The van der Waals surface area contributed by atoms with Gasteiger partial charge in [-0.15, -0.1) is 0 Å². The predicted octanol–water partition coefficient (Wildman–Crippen LogP) is 3.81. The lowest BCUT2D eigenvalue weighted by atomic mass is 10.1. The minimum absolute atomic E-state index is 0.204. The van der Waals surface area contributed by atoms with Crippen LogP contribution in [0, 0.1) is 0 Å². The Labute approximate surface area is 137 Å². The van der Waals surface area contributed by atoms with Gasteiger partial charge in [0.15, 0.2) is 0 Å². The fourth-order valence-electron chi connectivity index (χ4n) is 2.97. The number of halogens is 1. The van der Waals surface area contributed by atoms with Gasteiger partial charge in [0.05, 0.1) is 6.10 Å². The molecule has 0 amide bonds. The average molecular weight is 355 g/mol. The zero-order chi connectivity index (χ0) is 15.2. The van der Waals surface area contributed by atoms with Crippen molar-refractivity contribution in [2.75, 3.05) is 19.6 Å². The Morgan fingerprint density at radius 2 is 2.24 bits per heavy atom. The van der Waals surface area contributed by atoms with E-state index in [0.29, 0.717) is 6.04 Å². The number of likely N-dealkylation sites (tertiary alicyclic amines) is 1. The molecule has 21 heavy (non-hydrogen) atoms. The van der Waals surface area contributed by atoms with Crippen molar-refractivity contribution in [1.29, 1.82) is 0 Å². The third-order valence-corrected chi connectivity index (χ3v) is 4.48. The summed E-state index contributed by atoms with van der Waals surface area (Å²) in [4.78, 5) is 2.57. The van der Waals surface area contributed by atoms with Gasteiger partial charge in [-0.1, -0.05) is 22.9 Å². The van der Waals surface area contributed by atoms with E-state index in [1.807, 2.05) is 6.07 Å². The molecule has 3 nitrogen and oxygen atoms in total. The molecule has 1 atom stereocenters. The maximum absolute atomic E-state index is 5.89. The van der Waals surface area contributed by atoms with E-state index < -0.39 is 0 Å². The molecule has 0 aliphatic carbocycles. The lowest BCUT2D eigenvalue weighted by Crippen LogP contribution is -2.37. The van der Waals surface area contributed by atoms with Gasteiger partial charge in [0.2, 0.25) is 0 Å². The molecule has 1 heterocycles. The maximum atomic E-state index is 5.89. The molecule has 1 aliphatic heterocycles. The van der Waals surface area contributed by atoms with E-state index >= 15 is 0 Å². The second kappa shape index (κ2) is 8.16. The van der Waals surface area contributed by atoms with Gasteiger partial charge in [-0.05, 0) is 58.0 Å². The Hall–Kier alpha value is -0.580. The number of nitrogens with zero attached hydrogens (tertiary/aromatic N) is 1. The summed E-state index contributed by atoms with van der Waals surface area (Å²) in [6.07, 6.45) is 2.85. The highest BCUT2D eigenvalue weighted by Crippen LogP contribution is 2.24. The van der Waals surface area contributed by atoms with Gasteiger partial charge in [-0.25, -0.2) is 0 Å². The second-order valence-corrected chi connectivity index (χ2v) is 6.89. The van der Waals surface area contributed by atoms with Gasteiger partial charge in [-0.2, -0.15) is 0 Å². The van der Waals surface area contributed by atoms with Crippen LogP contribution in [0.25, 0.3) is 0 Å². The number of hydrogen-bond acceptors (Lipinski definition) is 3. The molecule has 1 aromatic carbocycles. The van der Waals surface area contributed by atoms with Gasteiger partial charge in [0.25, 0.3) is 0 Å². The van der Waals surface area contributed by atoms with Gasteiger partial charge in [0.1, 0.15) is 5.75 Å². The summed E-state index contributed by atoms with van der Waals surface area (Å²) in [6, 6.07) is 6.93. The summed E-state index contributed by atoms with van der Waals surface area (Å²) in [5.41, 5.74) is 1.22. The zero-order valence-corrected chi connectivity index (χ0v) is 14.9. The first-order valence-corrected chi connectivity index (χ1v) is 8.79. The topological polar surface area (TPSA) is 24.5 Å². The van der Waals surface area contributed by atoms with Crippen molar-refractivity contribution in [2.45, 2.75) is 52.3 Å². The predicted molar refractivity (Wildman–Crippen MR) is 91.9 cm³/mol. The molecular formula is C17H27BrN2O. The van der Waals surface area contributed by atoms with Crippen LogP contribution in [0.2, 0.25) is 0 Å². The highest BCUT2D eigenvalue weighted by Gasteiger charge is 2.22. The van der Waals surface area contributed by atoms with Gasteiger partial charge >= 0.3 is 0 Å². The van der Waals surface area contributed by atoms with Crippen LogP contribution < -0.4 is 10.1 Å². The number of ether oxygens (including phenoxy) is 1. The van der Waals surface area contributed by atoms with Crippen molar-refractivity contribution in [3.8, 4) is 5.75 Å². The lowest BCUT2D eigenvalue weighted by molar-refractivity contribution is 0.238. The highest BCUT2D eigenvalue weighted by atomic mass is 79.9. The Morgan fingerprint density at radius 1 is 1.43 bits per heavy atom. The SMILES string of the molecule is CCN1CCC[C@@H]1CNCc1cc(Br)ccc1OC(C)C. The molecule has 0 bridgehead atoms. The van der Waals surface area contributed by atoms with Crippen LogP contribution in [0.5, 0.6) is 5.75 Å². The van der Waals surface area contributed by atoms with Gasteiger partial charge in [-0.3, -0.25) is 4.90 Å². The van der Waals surface area contributed by atoms with E-state index in [4.69, 9.17) is 4.74 Å². The van der Waals surface area contributed by atoms with Crippen molar-refractivity contribution >= 4 is 15.9 Å². The monoisotopic (exact) mass is 354 g/mol. The Bertz CT molecular complexity index is 450. The molecule has 4 heteroatoms. The first-order valence-electron chi connectivity index (χ1n) is 8.00. The van der Waals surface area contributed by atoms with Gasteiger partial charge in [0, 0.05) is 29.2 Å². The molecule has 1 fully saturated rings. The third kappa shape index (κ3) is 4.97. The summed E-state index contributed by atoms with van der Waals surface area (Å²) in [5, 5.41) is 3.61. The molecule has 1 saturated heterocycles. The van der Waals surface area contributed by atoms with E-state index in [2.05, 4.69) is 59.1 Å². The normalized spacial score (nSPS) is 19.4. The van der Waals surface area contributed by atoms with Gasteiger partial charge < -0.3 is 10.1 Å². The standard InChI is InChI=1S/C17H27BrN2O/c1-4-20-9-5-6-16(20)12-19-11-14-10-15(18)7-8-17(14)21-13(2)3/h7-8,10,13,16,19H,4-6,9,11-12H2,1-3H3/t16-/m1/s1. The first kappa shape index (κ1) is 16.8. The van der Waals surface area contributed by atoms with Crippen LogP contribution in [0.15, 0.2) is 22.7 Å². The smallest absolute Gasteiger partial charge is 0.124 e. The largest absolute Gasteiger partial charge is 0.491 e. The fraction of sp³-hybridized carbons (Fsp3) is 0.647. The fourth-order valence-corrected chi connectivity index (χ4v) is 3.38. The lowest BCUT2D eigenvalue weighted by Gasteiger charge is -2.23. The molecule has 1 aromatic rings. The molecule has 0 radical (unpaired) electrons. The molecule has 0 saturated carbocycles. The minimum Gasteiger partial charge on any atom is -0.491 e. The molecule has 118 valence electrons. The summed E-state index contributed by atoms with van der Waals surface area (Å²) in [6.45, 7) is 10.7. The first-order chi connectivity index (χ1) is 10.1.